The van der Waals surface area contributed by atoms with Crippen LogP contribution in [0.5, 0.6) is 5.75 Å². The van der Waals surface area contributed by atoms with Crippen molar-refractivity contribution in [2.45, 2.75) is 33.2 Å². The van der Waals surface area contributed by atoms with Crippen LogP contribution in [0, 0.1) is 12.8 Å². The van der Waals surface area contributed by atoms with E-state index in [1.54, 1.807) is 17.7 Å². The summed E-state index contributed by atoms with van der Waals surface area (Å²) in [5.74, 6) is 0.211. The van der Waals surface area contributed by atoms with E-state index in [0.29, 0.717) is 11.6 Å². The lowest BCUT2D eigenvalue weighted by molar-refractivity contribution is 0.205. The minimum atomic E-state index is -0.380. The molecule has 0 aliphatic rings. The molecule has 4 heteroatoms. The predicted octanol–water partition coefficient (Wildman–Crippen LogP) is 1.44. The molecular formula is C12H19NO3. The lowest BCUT2D eigenvalue weighted by Crippen LogP contribution is -2.20. The summed E-state index contributed by atoms with van der Waals surface area (Å²) in [5.41, 5.74) is 0.127. The van der Waals surface area contributed by atoms with Gasteiger partial charge in [0.15, 0.2) is 5.75 Å². The quantitative estimate of drug-likeness (QED) is 0.815. The van der Waals surface area contributed by atoms with Crippen molar-refractivity contribution in [1.29, 1.82) is 0 Å². The Morgan fingerprint density at radius 1 is 1.44 bits per heavy atom. The molecule has 16 heavy (non-hydrogen) atoms. The van der Waals surface area contributed by atoms with Crippen LogP contribution in [-0.2, 0) is 0 Å². The van der Waals surface area contributed by atoms with E-state index in [1.807, 2.05) is 0 Å². The third-order valence-electron chi connectivity index (χ3n) is 2.70. The average molecular weight is 225 g/mol. The van der Waals surface area contributed by atoms with Gasteiger partial charge in [0.05, 0.1) is 18.3 Å². The number of hydrogen-bond acceptors (Lipinski definition) is 3. The minimum absolute atomic E-state index is 0.00132. The zero-order valence-corrected chi connectivity index (χ0v) is 9.97. The maximum Gasteiger partial charge on any atom is 0.223 e. The molecule has 1 atom stereocenters. The van der Waals surface area contributed by atoms with E-state index >= 15 is 0 Å². The molecule has 1 aromatic rings. The zero-order valence-electron chi connectivity index (χ0n) is 9.97. The Labute approximate surface area is 95.2 Å². The summed E-state index contributed by atoms with van der Waals surface area (Å²) in [6, 6.07) is 1.23. The number of aromatic hydroxyl groups is 1. The molecule has 0 aliphatic heterocycles. The van der Waals surface area contributed by atoms with Gasteiger partial charge in [-0.25, -0.2) is 0 Å². The number of pyridine rings is 1. The summed E-state index contributed by atoms with van der Waals surface area (Å²) >= 11 is 0. The topological polar surface area (TPSA) is 62.5 Å². The molecule has 0 amide bonds. The summed E-state index contributed by atoms with van der Waals surface area (Å²) in [6.07, 6.45) is 2.43. The normalized spacial score (nSPS) is 13.1. The monoisotopic (exact) mass is 225 g/mol. The number of aliphatic hydroxyl groups is 1. The van der Waals surface area contributed by atoms with Crippen molar-refractivity contribution in [3.05, 3.63) is 28.2 Å². The molecule has 0 aromatic carbocycles. The molecule has 0 unspecified atom stereocenters. The number of aromatic nitrogens is 1. The third-order valence-corrected chi connectivity index (χ3v) is 2.70. The summed E-state index contributed by atoms with van der Waals surface area (Å²) in [7, 11) is 0. The first-order valence-electron chi connectivity index (χ1n) is 5.49. The van der Waals surface area contributed by atoms with Crippen molar-refractivity contribution >= 4 is 0 Å². The minimum Gasteiger partial charge on any atom is -0.503 e. The van der Waals surface area contributed by atoms with E-state index < -0.39 is 0 Å². The SMILES string of the molecule is Cc1c(O)c(=O)ccn1[C@H](CO)CC(C)C. The molecule has 1 aromatic heterocycles. The summed E-state index contributed by atoms with van der Waals surface area (Å²) in [4.78, 5) is 11.2. The molecule has 0 aliphatic carbocycles. The molecule has 0 fully saturated rings. The van der Waals surface area contributed by atoms with Gasteiger partial charge < -0.3 is 14.8 Å². The van der Waals surface area contributed by atoms with Gasteiger partial charge >= 0.3 is 0 Å². The van der Waals surface area contributed by atoms with Crippen molar-refractivity contribution in [2.75, 3.05) is 6.61 Å². The van der Waals surface area contributed by atoms with Gasteiger partial charge in [-0.1, -0.05) is 13.8 Å². The summed E-state index contributed by atoms with van der Waals surface area (Å²) in [5, 5.41) is 18.9. The fraction of sp³-hybridized carbons (Fsp3) is 0.583. The van der Waals surface area contributed by atoms with Gasteiger partial charge in [0, 0.05) is 12.3 Å². The first-order chi connectivity index (χ1) is 7.47. The van der Waals surface area contributed by atoms with Gasteiger partial charge in [-0.05, 0) is 19.3 Å². The zero-order chi connectivity index (χ0) is 12.3. The highest BCUT2D eigenvalue weighted by molar-refractivity contribution is 5.25. The Hall–Kier alpha value is -1.29. The molecule has 2 N–H and O–H groups in total. The van der Waals surface area contributed by atoms with Gasteiger partial charge in [0.2, 0.25) is 5.43 Å². The van der Waals surface area contributed by atoms with Crippen LogP contribution >= 0.6 is 0 Å². The van der Waals surface area contributed by atoms with Crippen LogP contribution < -0.4 is 5.43 Å². The second-order valence-electron chi connectivity index (χ2n) is 4.49. The van der Waals surface area contributed by atoms with E-state index in [9.17, 15) is 15.0 Å². The van der Waals surface area contributed by atoms with Gasteiger partial charge in [0.1, 0.15) is 0 Å². The van der Waals surface area contributed by atoms with Crippen LogP contribution in [0.3, 0.4) is 0 Å². The second-order valence-corrected chi connectivity index (χ2v) is 4.49. The number of hydrogen-bond donors (Lipinski definition) is 2. The van der Waals surface area contributed by atoms with Gasteiger partial charge in [-0.15, -0.1) is 0 Å². The molecule has 1 heterocycles. The van der Waals surface area contributed by atoms with Crippen molar-refractivity contribution in [2.24, 2.45) is 5.92 Å². The Bertz CT molecular complexity index is 409. The standard InChI is InChI=1S/C12H19NO3/c1-8(2)6-10(7-14)13-5-4-11(15)12(16)9(13)3/h4-5,8,10,14,16H,6-7H2,1-3H3/t10-/m0/s1. The highest BCUT2D eigenvalue weighted by Crippen LogP contribution is 2.21. The molecule has 90 valence electrons. The van der Waals surface area contributed by atoms with Gasteiger partial charge in [0.25, 0.3) is 0 Å². The van der Waals surface area contributed by atoms with Crippen LogP contribution in [0.25, 0.3) is 0 Å². The van der Waals surface area contributed by atoms with Crippen molar-refractivity contribution in [1.82, 2.24) is 4.57 Å². The summed E-state index contributed by atoms with van der Waals surface area (Å²) < 4.78 is 1.76. The van der Waals surface area contributed by atoms with Crippen LogP contribution in [0.15, 0.2) is 17.1 Å². The molecule has 0 spiro atoms. The highest BCUT2D eigenvalue weighted by Gasteiger charge is 2.15. The van der Waals surface area contributed by atoms with E-state index in [2.05, 4.69) is 13.8 Å². The van der Waals surface area contributed by atoms with E-state index in [0.717, 1.165) is 6.42 Å². The third kappa shape index (κ3) is 2.64. The van der Waals surface area contributed by atoms with E-state index in [4.69, 9.17) is 0 Å². The molecule has 1 rings (SSSR count). The van der Waals surface area contributed by atoms with E-state index in [-0.39, 0.29) is 23.8 Å². The Balaban J connectivity index is 3.11. The predicted molar refractivity (Wildman–Crippen MR) is 62.7 cm³/mol. The molecule has 0 radical (unpaired) electrons. The average Bonchev–Trinajstić information content (AvgIpc) is 2.23. The lowest BCUT2D eigenvalue weighted by Gasteiger charge is -2.22. The fourth-order valence-corrected chi connectivity index (χ4v) is 1.86. The maximum absolute atomic E-state index is 11.2. The first kappa shape index (κ1) is 12.8. The largest absolute Gasteiger partial charge is 0.503 e. The highest BCUT2D eigenvalue weighted by atomic mass is 16.3. The van der Waals surface area contributed by atoms with Crippen LogP contribution in [-0.4, -0.2) is 21.4 Å². The lowest BCUT2D eigenvalue weighted by atomic mass is 10.0. The smallest absolute Gasteiger partial charge is 0.223 e. The van der Waals surface area contributed by atoms with Crippen LogP contribution in [0.4, 0.5) is 0 Å². The number of nitrogens with zero attached hydrogens (tertiary/aromatic N) is 1. The van der Waals surface area contributed by atoms with E-state index in [1.165, 1.54) is 6.07 Å². The fourth-order valence-electron chi connectivity index (χ4n) is 1.86. The Kier molecular flexibility index (Phi) is 4.12. The molecule has 0 saturated heterocycles. The van der Waals surface area contributed by atoms with Gasteiger partial charge in [-0.3, -0.25) is 4.79 Å². The molecule has 0 saturated carbocycles. The molecule has 0 bridgehead atoms. The summed E-state index contributed by atoms with van der Waals surface area (Å²) in [6.45, 7) is 5.82. The second kappa shape index (κ2) is 5.16. The van der Waals surface area contributed by atoms with Crippen molar-refractivity contribution in [3.63, 3.8) is 0 Å². The van der Waals surface area contributed by atoms with Gasteiger partial charge in [-0.2, -0.15) is 0 Å². The van der Waals surface area contributed by atoms with Crippen molar-refractivity contribution in [3.8, 4) is 5.75 Å². The Morgan fingerprint density at radius 2 is 2.06 bits per heavy atom. The molecule has 4 nitrogen and oxygen atoms in total. The van der Waals surface area contributed by atoms with Crippen LogP contribution in [0.2, 0.25) is 0 Å². The van der Waals surface area contributed by atoms with Crippen LogP contribution in [0.1, 0.15) is 32.0 Å². The molecular weight excluding hydrogens is 206 g/mol. The number of aliphatic hydroxyl groups excluding tert-OH is 1. The Morgan fingerprint density at radius 3 is 2.56 bits per heavy atom. The van der Waals surface area contributed by atoms with Crippen molar-refractivity contribution < 1.29 is 10.2 Å². The number of rotatable bonds is 4. The maximum atomic E-state index is 11.2. The first-order valence-corrected chi connectivity index (χ1v) is 5.49.